The topological polar surface area (TPSA) is 35.5 Å². The van der Waals surface area contributed by atoms with Crippen LogP contribution in [0.25, 0.3) is 0 Å². The van der Waals surface area contributed by atoms with E-state index in [1.807, 2.05) is 42.5 Å². The summed E-state index contributed by atoms with van der Waals surface area (Å²) >= 11 is 0. The summed E-state index contributed by atoms with van der Waals surface area (Å²) in [5.74, 6) is 0.284. The zero-order valence-electron chi connectivity index (χ0n) is 10.6. The van der Waals surface area contributed by atoms with Crippen LogP contribution in [0.5, 0.6) is 5.75 Å². The van der Waals surface area contributed by atoms with E-state index in [-0.39, 0.29) is 12.1 Å². The van der Waals surface area contributed by atoms with Crippen LogP contribution in [0.15, 0.2) is 48.5 Å². The molecule has 3 heteroatoms. The van der Waals surface area contributed by atoms with Crippen molar-refractivity contribution in [2.24, 2.45) is 0 Å². The second-order valence-corrected chi connectivity index (χ2v) is 4.51. The van der Waals surface area contributed by atoms with Crippen LogP contribution in [0, 0.1) is 0 Å². The van der Waals surface area contributed by atoms with Gasteiger partial charge in [-0.2, -0.15) is 0 Å². The first kappa shape index (κ1) is 11.8. The number of carbonyl (C=O) groups excluding carboxylic acids is 1. The fourth-order valence-electron chi connectivity index (χ4n) is 2.44. The molecule has 3 nitrogen and oxygen atoms in total. The summed E-state index contributed by atoms with van der Waals surface area (Å²) in [5, 5.41) is 0. The van der Waals surface area contributed by atoms with Crippen molar-refractivity contribution in [1.82, 2.24) is 0 Å². The number of benzene rings is 2. The van der Waals surface area contributed by atoms with E-state index in [1.165, 1.54) is 0 Å². The third kappa shape index (κ3) is 2.08. The minimum Gasteiger partial charge on any atom is -0.496 e. The van der Waals surface area contributed by atoms with Gasteiger partial charge in [-0.25, -0.2) is 4.79 Å². The monoisotopic (exact) mass is 254 g/mol. The van der Waals surface area contributed by atoms with Gasteiger partial charge in [0.25, 0.3) is 0 Å². The molecule has 3 rings (SSSR count). The van der Waals surface area contributed by atoms with Crippen molar-refractivity contribution >= 4 is 5.97 Å². The van der Waals surface area contributed by atoms with Gasteiger partial charge in [-0.15, -0.1) is 0 Å². The third-order valence-electron chi connectivity index (χ3n) is 3.34. The summed E-state index contributed by atoms with van der Waals surface area (Å²) in [5.41, 5.74) is 2.62. The molecule has 0 unspecified atom stereocenters. The summed E-state index contributed by atoms with van der Waals surface area (Å²) in [4.78, 5) is 11.9. The Kier molecular flexibility index (Phi) is 2.95. The van der Waals surface area contributed by atoms with Crippen molar-refractivity contribution in [3.8, 4) is 5.75 Å². The molecule has 0 N–H and O–H groups in total. The lowest BCUT2D eigenvalue weighted by Crippen LogP contribution is -2.02. The molecule has 0 spiro atoms. The van der Waals surface area contributed by atoms with E-state index < -0.39 is 0 Å². The maximum Gasteiger partial charge on any atom is 0.342 e. The van der Waals surface area contributed by atoms with Gasteiger partial charge in [0.2, 0.25) is 0 Å². The Morgan fingerprint density at radius 3 is 2.63 bits per heavy atom. The van der Waals surface area contributed by atoms with Crippen molar-refractivity contribution in [3.05, 3.63) is 65.2 Å². The first-order valence-corrected chi connectivity index (χ1v) is 6.21. The van der Waals surface area contributed by atoms with E-state index in [1.54, 1.807) is 13.2 Å². The van der Waals surface area contributed by atoms with Crippen LogP contribution in [0.1, 0.15) is 27.6 Å². The van der Waals surface area contributed by atoms with Gasteiger partial charge in [-0.3, -0.25) is 0 Å². The van der Waals surface area contributed by atoms with Gasteiger partial charge in [-0.05, 0) is 11.6 Å². The Morgan fingerprint density at radius 1 is 1.11 bits per heavy atom. The van der Waals surface area contributed by atoms with Crippen LogP contribution in [-0.2, 0) is 11.2 Å². The number of hydrogen-bond acceptors (Lipinski definition) is 3. The number of cyclic esters (lactones) is 1. The quantitative estimate of drug-likeness (QED) is 0.789. The zero-order chi connectivity index (χ0) is 13.2. The van der Waals surface area contributed by atoms with Crippen molar-refractivity contribution in [2.75, 3.05) is 7.11 Å². The highest BCUT2D eigenvalue weighted by Gasteiger charge is 2.33. The van der Waals surface area contributed by atoms with E-state index in [0.29, 0.717) is 17.7 Å². The number of rotatable bonds is 3. The molecule has 1 atom stereocenters. The van der Waals surface area contributed by atoms with Crippen LogP contribution in [-0.4, -0.2) is 13.1 Å². The summed E-state index contributed by atoms with van der Waals surface area (Å²) in [6.45, 7) is 0. The highest BCUT2D eigenvalue weighted by atomic mass is 16.6. The number of hydrogen-bond donors (Lipinski definition) is 0. The number of esters is 1. The molecule has 1 heterocycles. The van der Waals surface area contributed by atoms with Gasteiger partial charge >= 0.3 is 5.97 Å². The van der Waals surface area contributed by atoms with Crippen LogP contribution in [0.2, 0.25) is 0 Å². The molecule has 2 aromatic rings. The highest BCUT2D eigenvalue weighted by molar-refractivity contribution is 5.97. The first-order valence-electron chi connectivity index (χ1n) is 6.21. The Balaban J connectivity index is 1.94. The van der Waals surface area contributed by atoms with E-state index in [2.05, 4.69) is 0 Å². The molecule has 0 saturated carbocycles. The second kappa shape index (κ2) is 4.76. The lowest BCUT2D eigenvalue weighted by molar-refractivity contribution is 0.0385. The van der Waals surface area contributed by atoms with Gasteiger partial charge in [-0.1, -0.05) is 42.5 Å². The van der Waals surface area contributed by atoms with Crippen molar-refractivity contribution in [1.29, 1.82) is 0 Å². The van der Waals surface area contributed by atoms with Gasteiger partial charge in [0.1, 0.15) is 17.4 Å². The van der Waals surface area contributed by atoms with E-state index >= 15 is 0 Å². The number of ether oxygens (including phenoxy) is 2. The molecule has 0 amide bonds. The fourth-order valence-corrected chi connectivity index (χ4v) is 2.44. The van der Waals surface area contributed by atoms with Gasteiger partial charge in [0, 0.05) is 12.0 Å². The average Bonchev–Trinajstić information content (AvgIpc) is 2.77. The molecule has 0 aromatic heterocycles. The SMILES string of the molecule is COc1cccc2c1C(=O)O[C@@H]2Cc1ccccc1. The zero-order valence-corrected chi connectivity index (χ0v) is 10.6. The fraction of sp³-hybridized carbons (Fsp3) is 0.188. The van der Waals surface area contributed by atoms with Crippen molar-refractivity contribution in [2.45, 2.75) is 12.5 Å². The van der Waals surface area contributed by atoms with Gasteiger partial charge in [0.05, 0.1) is 7.11 Å². The van der Waals surface area contributed by atoms with Crippen LogP contribution >= 0.6 is 0 Å². The molecule has 0 fully saturated rings. The maximum absolute atomic E-state index is 11.9. The first-order chi connectivity index (χ1) is 9.29. The molecule has 0 aliphatic carbocycles. The summed E-state index contributed by atoms with van der Waals surface area (Å²) in [6.07, 6.45) is 0.465. The smallest absolute Gasteiger partial charge is 0.342 e. The van der Waals surface area contributed by atoms with E-state index in [4.69, 9.17) is 9.47 Å². The second-order valence-electron chi connectivity index (χ2n) is 4.51. The number of carbonyl (C=O) groups is 1. The van der Waals surface area contributed by atoms with Crippen LogP contribution < -0.4 is 4.74 Å². The lowest BCUT2D eigenvalue weighted by Gasteiger charge is -2.10. The number of fused-ring (bicyclic) bond motifs is 1. The lowest BCUT2D eigenvalue weighted by atomic mass is 9.99. The maximum atomic E-state index is 11.9. The van der Waals surface area contributed by atoms with Crippen molar-refractivity contribution in [3.63, 3.8) is 0 Å². The Bertz CT molecular complexity index is 605. The predicted octanol–water partition coefficient (Wildman–Crippen LogP) is 3.15. The summed E-state index contributed by atoms with van der Waals surface area (Å²) in [6, 6.07) is 15.6. The highest BCUT2D eigenvalue weighted by Crippen LogP contribution is 2.37. The predicted molar refractivity (Wildman–Crippen MR) is 71.3 cm³/mol. The molecule has 2 aromatic carbocycles. The van der Waals surface area contributed by atoms with E-state index in [0.717, 1.165) is 11.1 Å². The molecule has 1 aliphatic rings. The molecule has 0 bridgehead atoms. The summed E-state index contributed by atoms with van der Waals surface area (Å²) in [7, 11) is 1.56. The average molecular weight is 254 g/mol. The Morgan fingerprint density at radius 2 is 1.89 bits per heavy atom. The minimum atomic E-state index is -0.298. The largest absolute Gasteiger partial charge is 0.496 e. The Hall–Kier alpha value is -2.29. The Labute approximate surface area is 111 Å². The number of methoxy groups -OCH3 is 1. The summed E-state index contributed by atoms with van der Waals surface area (Å²) < 4.78 is 10.7. The minimum absolute atomic E-state index is 0.222. The molecular weight excluding hydrogens is 240 g/mol. The van der Waals surface area contributed by atoms with Crippen LogP contribution in [0.3, 0.4) is 0 Å². The van der Waals surface area contributed by atoms with E-state index in [9.17, 15) is 4.79 Å². The molecule has 19 heavy (non-hydrogen) atoms. The standard InChI is InChI=1S/C16H14O3/c1-18-13-9-5-8-12-14(19-16(17)15(12)13)10-11-6-3-2-4-7-11/h2-9,14H,10H2,1H3/t14-/m1/s1. The molecular formula is C16H14O3. The van der Waals surface area contributed by atoms with Crippen LogP contribution in [0.4, 0.5) is 0 Å². The molecule has 1 aliphatic heterocycles. The van der Waals surface area contributed by atoms with Gasteiger partial charge in [0.15, 0.2) is 0 Å². The van der Waals surface area contributed by atoms with Gasteiger partial charge < -0.3 is 9.47 Å². The third-order valence-corrected chi connectivity index (χ3v) is 3.34. The molecule has 0 radical (unpaired) electrons. The molecule has 0 saturated heterocycles. The molecule has 96 valence electrons. The normalized spacial score (nSPS) is 16.9. The van der Waals surface area contributed by atoms with Crippen molar-refractivity contribution < 1.29 is 14.3 Å².